The molecular formula is C20H19ClFN5. The Kier molecular flexibility index (Phi) is 5.48. The van der Waals surface area contributed by atoms with Crippen LogP contribution in [0.4, 0.5) is 4.39 Å². The standard InChI is InChI=1S/C20H18FN5.ClH/c1-13-8-9-15(21)17(25-13)11-16(22)20-19(7-4-10-23-20)26-18-6-3-2-5-14(18)12-24-26;/h2-10,12,16H,11,22H2,1H3;1H. The molecule has 0 radical (unpaired) electrons. The van der Waals surface area contributed by atoms with E-state index in [0.717, 1.165) is 22.3 Å². The molecule has 0 saturated heterocycles. The van der Waals surface area contributed by atoms with Crippen molar-refractivity contribution in [1.82, 2.24) is 19.7 Å². The largest absolute Gasteiger partial charge is 0.322 e. The Morgan fingerprint density at radius 1 is 1.11 bits per heavy atom. The highest BCUT2D eigenvalue weighted by atomic mass is 35.5. The van der Waals surface area contributed by atoms with E-state index in [9.17, 15) is 4.39 Å². The molecule has 0 aliphatic heterocycles. The van der Waals surface area contributed by atoms with Gasteiger partial charge in [0.15, 0.2) is 0 Å². The van der Waals surface area contributed by atoms with Crippen LogP contribution in [0.3, 0.4) is 0 Å². The lowest BCUT2D eigenvalue weighted by atomic mass is 10.1. The van der Waals surface area contributed by atoms with Crippen LogP contribution in [0.2, 0.25) is 0 Å². The van der Waals surface area contributed by atoms with Gasteiger partial charge in [-0.3, -0.25) is 9.97 Å². The molecule has 0 bridgehead atoms. The molecule has 27 heavy (non-hydrogen) atoms. The Balaban J connectivity index is 0.00000210. The maximum atomic E-state index is 14.1. The summed E-state index contributed by atoms with van der Waals surface area (Å²) < 4.78 is 15.9. The molecule has 0 saturated carbocycles. The summed E-state index contributed by atoms with van der Waals surface area (Å²) in [7, 11) is 0. The fourth-order valence-electron chi connectivity index (χ4n) is 3.08. The van der Waals surface area contributed by atoms with Gasteiger partial charge in [0.05, 0.1) is 34.8 Å². The highest BCUT2D eigenvalue weighted by Crippen LogP contribution is 2.24. The van der Waals surface area contributed by atoms with Crippen LogP contribution in [0.5, 0.6) is 0 Å². The molecule has 4 aromatic rings. The fourth-order valence-corrected chi connectivity index (χ4v) is 3.08. The first-order valence-electron chi connectivity index (χ1n) is 8.39. The molecule has 0 fully saturated rings. The Bertz CT molecular complexity index is 1080. The minimum Gasteiger partial charge on any atom is -0.322 e. The number of pyridine rings is 2. The minimum absolute atomic E-state index is 0. The maximum Gasteiger partial charge on any atom is 0.144 e. The third kappa shape index (κ3) is 3.67. The summed E-state index contributed by atoms with van der Waals surface area (Å²) in [4.78, 5) is 8.73. The SMILES string of the molecule is Cc1ccc(F)c(CC(N)c2ncccc2-n2ncc3ccccc32)n1.Cl. The summed E-state index contributed by atoms with van der Waals surface area (Å²) >= 11 is 0. The Morgan fingerprint density at radius 3 is 2.78 bits per heavy atom. The summed E-state index contributed by atoms with van der Waals surface area (Å²) in [5, 5.41) is 5.51. The number of halogens is 2. The van der Waals surface area contributed by atoms with Gasteiger partial charge in [0.2, 0.25) is 0 Å². The van der Waals surface area contributed by atoms with Crippen molar-refractivity contribution in [3.8, 4) is 5.69 Å². The zero-order chi connectivity index (χ0) is 18.1. The number of aryl methyl sites for hydroxylation is 1. The van der Waals surface area contributed by atoms with E-state index in [-0.39, 0.29) is 24.6 Å². The van der Waals surface area contributed by atoms with Crippen molar-refractivity contribution < 1.29 is 4.39 Å². The average molecular weight is 384 g/mol. The van der Waals surface area contributed by atoms with Crippen molar-refractivity contribution in [3.63, 3.8) is 0 Å². The van der Waals surface area contributed by atoms with E-state index in [2.05, 4.69) is 15.1 Å². The number of fused-ring (bicyclic) bond motifs is 1. The van der Waals surface area contributed by atoms with Crippen LogP contribution in [0.1, 0.15) is 23.1 Å². The normalized spacial score (nSPS) is 12.0. The molecule has 1 aromatic carbocycles. The van der Waals surface area contributed by atoms with E-state index < -0.39 is 6.04 Å². The monoisotopic (exact) mass is 383 g/mol. The van der Waals surface area contributed by atoms with Crippen LogP contribution in [0.25, 0.3) is 16.6 Å². The average Bonchev–Trinajstić information content (AvgIpc) is 3.08. The van der Waals surface area contributed by atoms with E-state index in [1.807, 2.05) is 48.0 Å². The van der Waals surface area contributed by atoms with Gasteiger partial charge in [0.25, 0.3) is 0 Å². The first-order chi connectivity index (χ1) is 12.6. The third-order valence-electron chi connectivity index (χ3n) is 4.34. The molecule has 3 heterocycles. The van der Waals surface area contributed by atoms with Crippen LogP contribution in [-0.4, -0.2) is 19.7 Å². The van der Waals surface area contributed by atoms with Crippen LogP contribution in [-0.2, 0) is 6.42 Å². The van der Waals surface area contributed by atoms with Gasteiger partial charge in [-0.2, -0.15) is 5.10 Å². The predicted molar refractivity (Wildman–Crippen MR) is 106 cm³/mol. The Morgan fingerprint density at radius 2 is 1.93 bits per heavy atom. The van der Waals surface area contributed by atoms with Crippen molar-refractivity contribution in [2.24, 2.45) is 5.73 Å². The van der Waals surface area contributed by atoms with Gasteiger partial charge < -0.3 is 5.73 Å². The minimum atomic E-state index is -0.502. The number of para-hydroxylation sites is 1. The summed E-state index contributed by atoms with van der Waals surface area (Å²) in [6.45, 7) is 1.83. The van der Waals surface area contributed by atoms with Gasteiger partial charge in [-0.1, -0.05) is 18.2 Å². The van der Waals surface area contributed by atoms with Crippen LogP contribution in [0, 0.1) is 12.7 Å². The molecular weight excluding hydrogens is 365 g/mol. The molecule has 1 unspecified atom stereocenters. The second-order valence-corrected chi connectivity index (χ2v) is 6.21. The van der Waals surface area contributed by atoms with Gasteiger partial charge >= 0.3 is 0 Å². The zero-order valence-electron chi connectivity index (χ0n) is 14.7. The first kappa shape index (κ1) is 18.9. The maximum absolute atomic E-state index is 14.1. The molecule has 3 aromatic heterocycles. The first-order valence-corrected chi connectivity index (χ1v) is 8.39. The second-order valence-electron chi connectivity index (χ2n) is 6.21. The predicted octanol–water partition coefficient (Wildman–Crippen LogP) is 3.93. The van der Waals surface area contributed by atoms with Crippen molar-refractivity contribution in [2.75, 3.05) is 0 Å². The number of hydrogen-bond acceptors (Lipinski definition) is 4. The van der Waals surface area contributed by atoms with Gasteiger partial charge in [-0.05, 0) is 37.3 Å². The molecule has 0 amide bonds. The van der Waals surface area contributed by atoms with Gasteiger partial charge in [-0.25, -0.2) is 9.07 Å². The smallest absolute Gasteiger partial charge is 0.144 e. The van der Waals surface area contributed by atoms with E-state index in [4.69, 9.17) is 5.73 Å². The second kappa shape index (κ2) is 7.82. The van der Waals surface area contributed by atoms with Crippen molar-refractivity contribution in [3.05, 3.63) is 83.8 Å². The van der Waals surface area contributed by atoms with Crippen molar-refractivity contribution in [1.29, 1.82) is 0 Å². The molecule has 0 aliphatic rings. The van der Waals surface area contributed by atoms with E-state index in [1.54, 1.807) is 18.5 Å². The molecule has 5 nitrogen and oxygen atoms in total. The Hall–Kier alpha value is -2.83. The lowest BCUT2D eigenvalue weighted by molar-refractivity contribution is 0.573. The van der Waals surface area contributed by atoms with E-state index in [1.165, 1.54) is 6.07 Å². The number of rotatable bonds is 4. The van der Waals surface area contributed by atoms with E-state index in [0.29, 0.717) is 11.4 Å². The number of nitrogens with two attached hydrogens (primary N) is 1. The number of aromatic nitrogens is 4. The molecule has 1 atom stereocenters. The molecule has 0 spiro atoms. The van der Waals surface area contributed by atoms with Crippen LogP contribution in [0.15, 0.2) is 60.9 Å². The highest BCUT2D eigenvalue weighted by molar-refractivity contribution is 5.85. The van der Waals surface area contributed by atoms with Crippen molar-refractivity contribution in [2.45, 2.75) is 19.4 Å². The highest BCUT2D eigenvalue weighted by Gasteiger charge is 2.18. The van der Waals surface area contributed by atoms with Gasteiger partial charge in [-0.15, -0.1) is 12.4 Å². The zero-order valence-corrected chi connectivity index (χ0v) is 15.5. The summed E-state index contributed by atoms with van der Waals surface area (Å²) in [6.07, 6.45) is 3.75. The number of hydrogen-bond donors (Lipinski definition) is 1. The van der Waals surface area contributed by atoms with Crippen LogP contribution >= 0.6 is 12.4 Å². The summed E-state index contributed by atoms with van der Waals surface area (Å²) in [5.41, 5.74) is 9.90. The number of benzene rings is 1. The molecule has 7 heteroatoms. The summed E-state index contributed by atoms with van der Waals surface area (Å²) in [5.74, 6) is -0.354. The molecule has 2 N–H and O–H groups in total. The lowest BCUT2D eigenvalue weighted by Gasteiger charge is -2.16. The molecule has 4 rings (SSSR count). The quantitative estimate of drug-likeness (QED) is 0.579. The van der Waals surface area contributed by atoms with Crippen LogP contribution < -0.4 is 5.73 Å². The summed E-state index contributed by atoms with van der Waals surface area (Å²) in [6, 6.07) is 14.2. The lowest BCUT2D eigenvalue weighted by Crippen LogP contribution is -2.19. The van der Waals surface area contributed by atoms with Gasteiger partial charge in [0.1, 0.15) is 5.82 Å². The third-order valence-corrected chi connectivity index (χ3v) is 4.34. The molecule has 138 valence electrons. The van der Waals surface area contributed by atoms with E-state index >= 15 is 0 Å². The fraction of sp³-hybridized carbons (Fsp3) is 0.150. The number of nitrogens with zero attached hydrogens (tertiary/aromatic N) is 4. The topological polar surface area (TPSA) is 69.6 Å². The Labute approximate surface area is 162 Å². The van der Waals surface area contributed by atoms with Crippen molar-refractivity contribution >= 4 is 23.3 Å². The molecule has 0 aliphatic carbocycles. The van der Waals surface area contributed by atoms with Gasteiger partial charge in [0, 0.05) is 23.7 Å².